The van der Waals surface area contributed by atoms with Gasteiger partial charge in [0.25, 0.3) is 5.91 Å². The summed E-state index contributed by atoms with van der Waals surface area (Å²) in [5.74, 6) is -0.0456. The predicted molar refractivity (Wildman–Crippen MR) is 85.7 cm³/mol. The number of aromatic nitrogens is 1. The Hall–Kier alpha value is -1.98. The number of likely N-dealkylation sites (tertiary alicyclic amines) is 1. The third-order valence-electron chi connectivity index (χ3n) is 4.35. The highest BCUT2D eigenvalue weighted by atomic mass is 16.5. The highest BCUT2D eigenvalue weighted by Gasteiger charge is 2.31. The monoisotopic (exact) mass is 299 g/mol. The second kappa shape index (κ2) is 6.42. The van der Waals surface area contributed by atoms with Crippen LogP contribution in [-0.2, 0) is 4.74 Å². The predicted octanol–water partition coefficient (Wildman–Crippen LogP) is 1.81. The van der Waals surface area contributed by atoms with E-state index in [1.807, 2.05) is 35.2 Å². The molecule has 0 radical (unpaired) electrons. The zero-order valence-electron chi connectivity index (χ0n) is 12.7. The number of benzene rings is 1. The van der Waals surface area contributed by atoms with Crippen LogP contribution in [0.3, 0.4) is 0 Å². The van der Waals surface area contributed by atoms with Gasteiger partial charge in [-0.25, -0.2) is 4.98 Å². The van der Waals surface area contributed by atoms with Crippen LogP contribution in [0, 0.1) is 0 Å². The van der Waals surface area contributed by atoms with E-state index in [4.69, 9.17) is 10.5 Å². The molecule has 1 fully saturated rings. The van der Waals surface area contributed by atoms with Crippen molar-refractivity contribution in [2.45, 2.75) is 25.0 Å². The van der Waals surface area contributed by atoms with E-state index in [9.17, 15) is 4.79 Å². The molecule has 1 aromatic carbocycles. The highest BCUT2D eigenvalue weighted by molar-refractivity contribution is 5.95. The summed E-state index contributed by atoms with van der Waals surface area (Å²) in [6, 6.07) is 11.5. The summed E-state index contributed by atoms with van der Waals surface area (Å²) in [4.78, 5) is 19.1. The maximum atomic E-state index is 12.8. The molecular weight excluding hydrogens is 278 g/mol. The van der Waals surface area contributed by atoms with Gasteiger partial charge in [0.15, 0.2) is 0 Å². The number of piperidine rings is 1. The number of ether oxygens (including phenoxy) is 1. The topological polar surface area (TPSA) is 68.5 Å². The summed E-state index contributed by atoms with van der Waals surface area (Å²) >= 11 is 0. The van der Waals surface area contributed by atoms with Gasteiger partial charge in [-0.05, 0) is 25.0 Å². The van der Waals surface area contributed by atoms with Gasteiger partial charge in [-0.1, -0.05) is 24.3 Å². The largest absolute Gasteiger partial charge is 0.381 e. The van der Waals surface area contributed by atoms with Gasteiger partial charge < -0.3 is 15.4 Å². The average molecular weight is 299 g/mol. The lowest BCUT2D eigenvalue weighted by atomic mass is 9.98. The lowest BCUT2D eigenvalue weighted by molar-refractivity contribution is 0.0136. The molecule has 0 aliphatic carbocycles. The molecule has 1 aromatic heterocycles. The van der Waals surface area contributed by atoms with Gasteiger partial charge >= 0.3 is 0 Å². The summed E-state index contributed by atoms with van der Waals surface area (Å²) in [6.07, 6.45) is 1.81. The zero-order valence-corrected chi connectivity index (χ0v) is 12.7. The van der Waals surface area contributed by atoms with Crippen molar-refractivity contribution in [3.63, 3.8) is 0 Å². The normalized spacial score (nSPS) is 22.0. The number of hydrogen-bond acceptors (Lipinski definition) is 4. The maximum absolute atomic E-state index is 12.8. The van der Waals surface area contributed by atoms with Crippen molar-refractivity contribution in [3.8, 4) is 0 Å². The third kappa shape index (κ3) is 2.82. The summed E-state index contributed by atoms with van der Waals surface area (Å²) in [5, 5.41) is 1.03. The van der Waals surface area contributed by atoms with Crippen molar-refractivity contribution in [1.82, 2.24) is 9.88 Å². The SMILES string of the molecule is COC1CCN(C(=O)c2ccc3ccccc3n2)C(CN)C1. The molecule has 2 N–H and O–H groups in total. The molecule has 0 bridgehead atoms. The second-order valence-electron chi connectivity index (χ2n) is 5.66. The molecule has 22 heavy (non-hydrogen) atoms. The van der Waals surface area contributed by atoms with Crippen molar-refractivity contribution in [2.75, 3.05) is 20.2 Å². The maximum Gasteiger partial charge on any atom is 0.272 e. The number of nitrogens with two attached hydrogens (primary N) is 1. The molecule has 116 valence electrons. The molecule has 2 aromatic rings. The van der Waals surface area contributed by atoms with Crippen LogP contribution in [0.2, 0.25) is 0 Å². The Morgan fingerprint density at radius 1 is 1.36 bits per heavy atom. The number of para-hydroxylation sites is 1. The lowest BCUT2D eigenvalue weighted by Gasteiger charge is -2.38. The average Bonchev–Trinajstić information content (AvgIpc) is 2.60. The molecule has 1 aliphatic rings. The van der Waals surface area contributed by atoms with E-state index in [0.717, 1.165) is 23.7 Å². The van der Waals surface area contributed by atoms with Crippen molar-refractivity contribution in [1.29, 1.82) is 0 Å². The Labute approximate surface area is 130 Å². The molecule has 1 amide bonds. The Morgan fingerprint density at radius 3 is 2.95 bits per heavy atom. The number of hydrogen-bond donors (Lipinski definition) is 1. The Bertz CT molecular complexity index is 674. The van der Waals surface area contributed by atoms with E-state index in [-0.39, 0.29) is 18.1 Å². The molecule has 2 heterocycles. The van der Waals surface area contributed by atoms with Crippen molar-refractivity contribution in [2.24, 2.45) is 5.73 Å². The number of carbonyl (C=O) groups excluding carboxylic acids is 1. The second-order valence-corrected chi connectivity index (χ2v) is 5.66. The third-order valence-corrected chi connectivity index (χ3v) is 4.35. The van der Waals surface area contributed by atoms with Gasteiger partial charge in [0.05, 0.1) is 11.6 Å². The van der Waals surface area contributed by atoms with Crippen LogP contribution in [0.15, 0.2) is 36.4 Å². The number of methoxy groups -OCH3 is 1. The van der Waals surface area contributed by atoms with Crippen LogP contribution < -0.4 is 5.73 Å². The van der Waals surface area contributed by atoms with E-state index in [1.165, 1.54) is 0 Å². The van der Waals surface area contributed by atoms with E-state index < -0.39 is 0 Å². The summed E-state index contributed by atoms with van der Waals surface area (Å²) < 4.78 is 5.41. The standard InChI is InChI=1S/C17H21N3O2/c1-22-14-8-9-20(13(10-14)11-18)17(21)16-7-6-12-4-2-3-5-15(12)19-16/h2-7,13-14H,8-11,18H2,1H3. The minimum Gasteiger partial charge on any atom is -0.381 e. The molecule has 2 unspecified atom stereocenters. The molecule has 3 rings (SSSR count). The molecule has 5 nitrogen and oxygen atoms in total. The minimum absolute atomic E-state index is 0.0134. The van der Waals surface area contributed by atoms with Gasteiger partial charge in [-0.15, -0.1) is 0 Å². The van der Waals surface area contributed by atoms with Crippen LogP contribution in [0.4, 0.5) is 0 Å². The van der Waals surface area contributed by atoms with Crippen LogP contribution in [0.1, 0.15) is 23.3 Å². The Morgan fingerprint density at radius 2 is 2.18 bits per heavy atom. The molecule has 1 aliphatic heterocycles. The fraction of sp³-hybridized carbons (Fsp3) is 0.412. The minimum atomic E-state index is -0.0456. The number of nitrogens with zero attached hydrogens (tertiary/aromatic N) is 2. The van der Waals surface area contributed by atoms with Gasteiger partial charge in [0, 0.05) is 31.6 Å². The van der Waals surface area contributed by atoms with Crippen LogP contribution in [0.5, 0.6) is 0 Å². The van der Waals surface area contributed by atoms with E-state index in [2.05, 4.69) is 4.98 Å². The van der Waals surface area contributed by atoms with Crippen molar-refractivity contribution < 1.29 is 9.53 Å². The van der Waals surface area contributed by atoms with Crippen molar-refractivity contribution in [3.05, 3.63) is 42.1 Å². The number of pyridine rings is 1. The van der Waals surface area contributed by atoms with Gasteiger partial charge in [0.1, 0.15) is 5.69 Å². The molecule has 1 saturated heterocycles. The summed E-state index contributed by atoms with van der Waals surface area (Å²) in [5.41, 5.74) is 7.16. The first-order chi connectivity index (χ1) is 10.7. The first kappa shape index (κ1) is 14.9. The number of amides is 1. The van der Waals surface area contributed by atoms with Crippen LogP contribution in [0.25, 0.3) is 10.9 Å². The van der Waals surface area contributed by atoms with Crippen LogP contribution in [-0.4, -0.2) is 48.1 Å². The van der Waals surface area contributed by atoms with E-state index in [1.54, 1.807) is 13.2 Å². The Balaban J connectivity index is 1.85. The summed E-state index contributed by atoms with van der Waals surface area (Å²) in [6.45, 7) is 1.10. The molecule has 5 heteroatoms. The zero-order chi connectivity index (χ0) is 15.5. The van der Waals surface area contributed by atoms with E-state index >= 15 is 0 Å². The highest BCUT2D eigenvalue weighted by Crippen LogP contribution is 2.21. The number of fused-ring (bicyclic) bond motifs is 1. The van der Waals surface area contributed by atoms with E-state index in [0.29, 0.717) is 18.8 Å². The van der Waals surface area contributed by atoms with Crippen LogP contribution >= 0.6 is 0 Å². The smallest absolute Gasteiger partial charge is 0.272 e. The molecule has 0 spiro atoms. The molecule has 0 saturated carbocycles. The molecule has 2 atom stereocenters. The summed E-state index contributed by atoms with van der Waals surface area (Å²) in [7, 11) is 1.71. The fourth-order valence-corrected chi connectivity index (χ4v) is 3.05. The quantitative estimate of drug-likeness (QED) is 0.938. The van der Waals surface area contributed by atoms with Gasteiger partial charge in [-0.3, -0.25) is 4.79 Å². The Kier molecular flexibility index (Phi) is 4.36. The van der Waals surface area contributed by atoms with Gasteiger partial charge in [-0.2, -0.15) is 0 Å². The lowest BCUT2D eigenvalue weighted by Crippen LogP contribution is -2.51. The fourth-order valence-electron chi connectivity index (χ4n) is 3.05. The molecular formula is C17H21N3O2. The first-order valence-electron chi connectivity index (χ1n) is 7.62. The number of rotatable bonds is 3. The van der Waals surface area contributed by atoms with Crippen molar-refractivity contribution >= 4 is 16.8 Å². The van der Waals surface area contributed by atoms with Gasteiger partial charge in [0.2, 0.25) is 0 Å². The number of carbonyl (C=O) groups is 1. The first-order valence-corrected chi connectivity index (χ1v) is 7.62.